The van der Waals surface area contributed by atoms with Crippen molar-refractivity contribution >= 4 is 33.4 Å². The van der Waals surface area contributed by atoms with Crippen LogP contribution in [0, 0.1) is 5.92 Å². The van der Waals surface area contributed by atoms with Crippen LogP contribution in [0.3, 0.4) is 0 Å². The van der Waals surface area contributed by atoms with Crippen molar-refractivity contribution in [2.45, 2.75) is 36.6 Å². The van der Waals surface area contributed by atoms with Crippen LogP contribution in [0.4, 0.5) is 0 Å². The standard InChI is InChI=1S/C16H20ClN3O4S/c17-13-6-3-10(8-14(13)25(23,24)19-12-4-5-12)16(22)20-7-1-2-11(9-20)15(18)21/h3,6,8,11-12,19H,1-2,4-5,7,9H2,(H2,18,21)/t11-/m1/s1. The maximum Gasteiger partial charge on any atom is 0.253 e. The number of hydrogen-bond acceptors (Lipinski definition) is 4. The number of piperidine rings is 1. The van der Waals surface area contributed by atoms with Crippen molar-refractivity contribution in [1.29, 1.82) is 0 Å². The third-order valence-corrected chi connectivity index (χ3v) is 6.48. The molecule has 3 N–H and O–H groups in total. The zero-order valence-corrected chi connectivity index (χ0v) is 15.1. The number of nitrogens with one attached hydrogen (secondary N) is 1. The molecule has 136 valence electrons. The molecule has 2 aliphatic rings. The first-order valence-corrected chi connectivity index (χ1v) is 10.0. The minimum absolute atomic E-state index is 0.0566. The molecule has 7 nitrogen and oxygen atoms in total. The number of carbonyl (C=O) groups is 2. The Morgan fingerprint density at radius 1 is 1.24 bits per heavy atom. The predicted molar refractivity (Wildman–Crippen MR) is 92.6 cm³/mol. The summed E-state index contributed by atoms with van der Waals surface area (Å²) in [6.45, 7) is 0.757. The van der Waals surface area contributed by atoms with Gasteiger partial charge in [-0.3, -0.25) is 9.59 Å². The van der Waals surface area contributed by atoms with E-state index in [2.05, 4.69) is 4.72 Å². The van der Waals surface area contributed by atoms with Crippen LogP contribution in [-0.4, -0.2) is 44.3 Å². The number of likely N-dealkylation sites (tertiary alicyclic amines) is 1. The Bertz CT molecular complexity index is 808. The monoisotopic (exact) mass is 385 g/mol. The van der Waals surface area contributed by atoms with Crippen molar-refractivity contribution in [1.82, 2.24) is 9.62 Å². The van der Waals surface area contributed by atoms with E-state index >= 15 is 0 Å². The van der Waals surface area contributed by atoms with Gasteiger partial charge in [0.1, 0.15) is 4.90 Å². The molecule has 0 radical (unpaired) electrons. The van der Waals surface area contributed by atoms with Gasteiger partial charge >= 0.3 is 0 Å². The van der Waals surface area contributed by atoms with Crippen LogP contribution in [-0.2, 0) is 14.8 Å². The van der Waals surface area contributed by atoms with Gasteiger partial charge in [0.25, 0.3) is 5.91 Å². The minimum atomic E-state index is -3.77. The molecule has 0 unspecified atom stereocenters. The molecule has 0 aromatic heterocycles. The second kappa shape index (κ2) is 6.93. The van der Waals surface area contributed by atoms with E-state index in [1.54, 1.807) is 0 Å². The van der Waals surface area contributed by atoms with E-state index in [1.807, 2.05) is 0 Å². The fourth-order valence-electron chi connectivity index (χ4n) is 2.90. The van der Waals surface area contributed by atoms with Crippen LogP contribution in [0.2, 0.25) is 5.02 Å². The molecule has 3 rings (SSSR count). The molecule has 0 spiro atoms. The number of amides is 2. The molecule has 0 bridgehead atoms. The average Bonchev–Trinajstić information content (AvgIpc) is 3.37. The number of sulfonamides is 1. The number of nitrogens with two attached hydrogens (primary N) is 1. The zero-order valence-electron chi connectivity index (χ0n) is 13.6. The number of rotatable bonds is 5. The summed E-state index contributed by atoms with van der Waals surface area (Å²) in [7, 11) is -3.77. The first-order valence-electron chi connectivity index (χ1n) is 8.18. The van der Waals surface area contributed by atoms with Crippen LogP contribution < -0.4 is 10.5 Å². The molecule has 25 heavy (non-hydrogen) atoms. The summed E-state index contributed by atoms with van der Waals surface area (Å²) in [5, 5.41) is 0.0679. The van der Waals surface area contributed by atoms with Gasteiger partial charge in [0.15, 0.2) is 0 Å². The maximum absolute atomic E-state index is 12.7. The zero-order chi connectivity index (χ0) is 18.2. The van der Waals surface area contributed by atoms with Crippen molar-refractivity contribution in [2.75, 3.05) is 13.1 Å². The highest BCUT2D eigenvalue weighted by atomic mass is 35.5. The highest BCUT2D eigenvalue weighted by molar-refractivity contribution is 7.89. The third kappa shape index (κ3) is 4.13. The summed E-state index contributed by atoms with van der Waals surface area (Å²) < 4.78 is 27.4. The van der Waals surface area contributed by atoms with Gasteiger partial charge in [-0.1, -0.05) is 11.6 Å². The fourth-order valence-corrected chi connectivity index (χ4v) is 4.73. The van der Waals surface area contributed by atoms with E-state index in [0.717, 1.165) is 12.8 Å². The van der Waals surface area contributed by atoms with Crippen molar-refractivity contribution in [3.63, 3.8) is 0 Å². The first-order chi connectivity index (χ1) is 11.8. The van der Waals surface area contributed by atoms with Gasteiger partial charge in [0, 0.05) is 24.7 Å². The summed E-state index contributed by atoms with van der Waals surface area (Å²) in [5.74, 6) is -1.12. The van der Waals surface area contributed by atoms with Gasteiger partial charge in [0.05, 0.1) is 10.9 Å². The maximum atomic E-state index is 12.7. The van der Waals surface area contributed by atoms with E-state index in [-0.39, 0.29) is 39.9 Å². The number of hydrogen-bond donors (Lipinski definition) is 2. The van der Waals surface area contributed by atoms with Gasteiger partial charge in [0.2, 0.25) is 15.9 Å². The Kier molecular flexibility index (Phi) is 5.04. The molecule has 1 aromatic rings. The summed E-state index contributed by atoms with van der Waals surface area (Å²) in [6, 6.07) is 4.14. The lowest BCUT2D eigenvalue weighted by Gasteiger charge is -2.31. The van der Waals surface area contributed by atoms with Crippen molar-refractivity contribution in [2.24, 2.45) is 11.7 Å². The lowest BCUT2D eigenvalue weighted by molar-refractivity contribution is -0.123. The second-order valence-electron chi connectivity index (χ2n) is 6.53. The number of primary amides is 1. The number of carbonyl (C=O) groups excluding carboxylic acids is 2. The Labute approximate surface area is 151 Å². The Hall–Kier alpha value is -1.64. The highest BCUT2D eigenvalue weighted by Crippen LogP contribution is 2.28. The van der Waals surface area contributed by atoms with Crippen LogP contribution in [0.5, 0.6) is 0 Å². The quantitative estimate of drug-likeness (QED) is 0.791. The fraction of sp³-hybridized carbons (Fsp3) is 0.500. The van der Waals surface area contributed by atoms with E-state index in [4.69, 9.17) is 17.3 Å². The topological polar surface area (TPSA) is 110 Å². The largest absolute Gasteiger partial charge is 0.369 e. The second-order valence-corrected chi connectivity index (χ2v) is 8.62. The molecule has 1 saturated carbocycles. The van der Waals surface area contributed by atoms with E-state index in [9.17, 15) is 18.0 Å². The molecule has 9 heteroatoms. The average molecular weight is 386 g/mol. The Morgan fingerprint density at radius 2 is 1.96 bits per heavy atom. The molecule has 2 fully saturated rings. The van der Waals surface area contributed by atoms with Crippen molar-refractivity contribution < 1.29 is 18.0 Å². The highest BCUT2D eigenvalue weighted by Gasteiger charge is 2.31. The third-order valence-electron chi connectivity index (χ3n) is 4.48. The Balaban J connectivity index is 1.83. The number of nitrogens with zero attached hydrogens (tertiary/aromatic N) is 1. The molecule has 1 aromatic carbocycles. The molecule has 2 amide bonds. The van der Waals surface area contributed by atoms with Crippen LogP contribution >= 0.6 is 11.6 Å². The van der Waals surface area contributed by atoms with Gasteiger partial charge in [-0.15, -0.1) is 0 Å². The van der Waals surface area contributed by atoms with Gasteiger partial charge < -0.3 is 10.6 Å². The van der Waals surface area contributed by atoms with Crippen LogP contribution in [0.1, 0.15) is 36.0 Å². The first kappa shape index (κ1) is 18.2. The van der Waals surface area contributed by atoms with Crippen LogP contribution in [0.25, 0.3) is 0 Å². The van der Waals surface area contributed by atoms with Gasteiger partial charge in [-0.2, -0.15) is 0 Å². The molecule has 1 heterocycles. The smallest absolute Gasteiger partial charge is 0.253 e. The van der Waals surface area contributed by atoms with Crippen molar-refractivity contribution in [3.05, 3.63) is 28.8 Å². The summed E-state index contributed by atoms with van der Waals surface area (Å²) in [4.78, 5) is 25.5. The molecule has 1 aliphatic heterocycles. The minimum Gasteiger partial charge on any atom is -0.369 e. The summed E-state index contributed by atoms with van der Waals surface area (Å²) in [5.41, 5.74) is 5.57. The predicted octanol–water partition coefficient (Wildman–Crippen LogP) is 1.12. The van der Waals surface area contributed by atoms with E-state index in [0.29, 0.717) is 19.4 Å². The molecule has 1 aliphatic carbocycles. The normalized spacial score (nSPS) is 21.2. The van der Waals surface area contributed by atoms with Crippen molar-refractivity contribution in [3.8, 4) is 0 Å². The molecular formula is C16H20ClN3O4S. The summed E-state index contributed by atoms with van der Waals surface area (Å²) >= 11 is 6.03. The van der Waals surface area contributed by atoms with E-state index < -0.39 is 15.9 Å². The molecular weight excluding hydrogens is 366 g/mol. The summed E-state index contributed by atoms with van der Waals surface area (Å²) in [6.07, 6.45) is 2.95. The van der Waals surface area contributed by atoms with Crippen LogP contribution in [0.15, 0.2) is 23.1 Å². The number of halogens is 1. The van der Waals surface area contributed by atoms with Gasteiger partial charge in [-0.25, -0.2) is 13.1 Å². The Morgan fingerprint density at radius 3 is 2.60 bits per heavy atom. The lowest BCUT2D eigenvalue weighted by Crippen LogP contribution is -2.44. The SMILES string of the molecule is NC(=O)[C@@H]1CCCN(C(=O)c2ccc(Cl)c(S(=O)(=O)NC3CC3)c2)C1. The molecule has 1 atom stereocenters. The molecule has 1 saturated heterocycles. The number of benzene rings is 1. The van der Waals surface area contributed by atoms with E-state index in [1.165, 1.54) is 23.1 Å². The van der Waals surface area contributed by atoms with Gasteiger partial charge in [-0.05, 0) is 43.9 Å². The lowest BCUT2D eigenvalue weighted by atomic mass is 9.97.